The van der Waals surface area contributed by atoms with E-state index >= 15 is 0 Å². The highest BCUT2D eigenvalue weighted by molar-refractivity contribution is 7.92. The zero-order chi connectivity index (χ0) is 35.1. The number of aliphatic hydroxyl groups excluding tert-OH is 1. The van der Waals surface area contributed by atoms with Gasteiger partial charge in [0.1, 0.15) is 6.04 Å². The van der Waals surface area contributed by atoms with Gasteiger partial charge in [-0.3, -0.25) is 14.5 Å². The number of carbonyl (C=O) groups excluding carboxylic acids is 2. The van der Waals surface area contributed by atoms with Gasteiger partial charge in [-0.15, -0.1) is 0 Å². The standard InChI is InChI=1S/C38H58N4O5S/c1-37(2,3)41-35(44)32-24-29-19-13-14-20-30(29)25-42(32)26-33(43)31(23-28-17-11-8-12-18-28)40-36(45)34(38(4,5)48(6,46)47)39-22-21-27-15-9-7-10-16-27/h7-12,15-18,29-34,39,43H,13-14,19-26H2,1-6H3,(H,40,45)(H,41,44)/t29-,30+,31-,32-,33+,34+/m0/s1. The second-order valence-corrected chi connectivity index (χ2v) is 18.2. The summed E-state index contributed by atoms with van der Waals surface area (Å²) < 4.78 is 24.6. The molecule has 1 aliphatic carbocycles. The second-order valence-electron chi connectivity index (χ2n) is 15.6. The van der Waals surface area contributed by atoms with Crippen LogP contribution in [0.4, 0.5) is 0 Å². The number of hydrogen-bond donors (Lipinski definition) is 4. The van der Waals surface area contributed by atoms with Crippen molar-refractivity contribution in [2.24, 2.45) is 11.8 Å². The Kier molecular flexibility index (Phi) is 12.9. The normalized spacial score (nSPS) is 22.6. The van der Waals surface area contributed by atoms with Gasteiger partial charge in [0, 0.05) is 24.9 Å². The Morgan fingerprint density at radius 1 is 0.917 bits per heavy atom. The molecule has 266 valence electrons. The molecule has 1 saturated carbocycles. The Bertz CT molecular complexity index is 1440. The van der Waals surface area contributed by atoms with Crippen LogP contribution in [0.25, 0.3) is 0 Å². The second kappa shape index (κ2) is 16.3. The number of hydrogen-bond acceptors (Lipinski definition) is 7. The molecule has 1 saturated heterocycles. The Morgan fingerprint density at radius 3 is 2.08 bits per heavy atom. The summed E-state index contributed by atoms with van der Waals surface area (Å²) in [5.41, 5.74) is 1.63. The van der Waals surface area contributed by atoms with Gasteiger partial charge in [-0.2, -0.15) is 0 Å². The number of benzene rings is 2. The van der Waals surface area contributed by atoms with Crippen LogP contribution in [-0.2, 0) is 32.3 Å². The minimum Gasteiger partial charge on any atom is -0.390 e. The molecule has 0 spiro atoms. The summed E-state index contributed by atoms with van der Waals surface area (Å²) >= 11 is 0. The lowest BCUT2D eigenvalue weighted by Gasteiger charge is -2.47. The maximum Gasteiger partial charge on any atom is 0.239 e. The number of nitrogens with one attached hydrogen (secondary N) is 3. The molecule has 48 heavy (non-hydrogen) atoms. The van der Waals surface area contributed by atoms with Crippen molar-refractivity contribution in [3.05, 3.63) is 71.8 Å². The van der Waals surface area contributed by atoms with Crippen LogP contribution >= 0.6 is 0 Å². The molecule has 2 aromatic carbocycles. The van der Waals surface area contributed by atoms with Gasteiger partial charge in [0.2, 0.25) is 11.8 Å². The van der Waals surface area contributed by atoms with Gasteiger partial charge in [-0.25, -0.2) is 8.42 Å². The number of rotatable bonds is 14. The molecule has 2 fully saturated rings. The lowest BCUT2D eigenvalue weighted by Crippen LogP contribution is -2.63. The van der Waals surface area contributed by atoms with Crippen molar-refractivity contribution in [2.75, 3.05) is 25.9 Å². The Morgan fingerprint density at radius 2 is 1.50 bits per heavy atom. The van der Waals surface area contributed by atoms with E-state index in [1.807, 2.05) is 81.4 Å². The molecule has 4 rings (SSSR count). The maximum absolute atomic E-state index is 14.2. The van der Waals surface area contributed by atoms with Gasteiger partial charge in [0.25, 0.3) is 0 Å². The first-order chi connectivity index (χ1) is 22.5. The van der Waals surface area contributed by atoms with Gasteiger partial charge in [-0.05, 0) is 89.8 Å². The highest BCUT2D eigenvalue weighted by Gasteiger charge is 2.45. The van der Waals surface area contributed by atoms with Crippen LogP contribution in [0.3, 0.4) is 0 Å². The fraction of sp³-hybridized carbons (Fsp3) is 0.632. The maximum atomic E-state index is 14.2. The van der Waals surface area contributed by atoms with Crippen LogP contribution in [0.15, 0.2) is 60.7 Å². The van der Waals surface area contributed by atoms with Crippen molar-refractivity contribution in [3.63, 3.8) is 0 Å². The topological polar surface area (TPSA) is 128 Å². The molecule has 2 aromatic rings. The van der Waals surface area contributed by atoms with Crippen LogP contribution in [0, 0.1) is 11.8 Å². The fourth-order valence-corrected chi connectivity index (χ4v) is 7.90. The van der Waals surface area contributed by atoms with E-state index in [2.05, 4.69) is 20.9 Å². The van der Waals surface area contributed by atoms with Crippen molar-refractivity contribution in [1.82, 2.24) is 20.9 Å². The number of amides is 2. The lowest BCUT2D eigenvalue weighted by atomic mass is 9.72. The predicted molar refractivity (Wildman–Crippen MR) is 192 cm³/mol. The number of carbonyl (C=O) groups is 2. The van der Waals surface area contributed by atoms with Crippen molar-refractivity contribution in [2.45, 2.75) is 114 Å². The molecule has 0 unspecified atom stereocenters. The number of sulfone groups is 1. The molecule has 0 aromatic heterocycles. The molecular weight excluding hydrogens is 625 g/mol. The minimum absolute atomic E-state index is 0.0278. The average molecular weight is 683 g/mol. The monoisotopic (exact) mass is 682 g/mol. The zero-order valence-electron chi connectivity index (χ0n) is 29.7. The molecule has 0 bridgehead atoms. The van der Waals surface area contributed by atoms with Crippen LogP contribution < -0.4 is 16.0 Å². The molecule has 6 atom stereocenters. The first kappa shape index (κ1) is 38.0. The van der Waals surface area contributed by atoms with Crippen molar-refractivity contribution >= 4 is 21.7 Å². The molecule has 10 heteroatoms. The number of β-amino-alcohol motifs (C(OH)–C–C–N with tert-alkyl or cyclic N) is 1. The molecule has 9 nitrogen and oxygen atoms in total. The third kappa shape index (κ3) is 10.4. The number of fused-ring (bicyclic) bond motifs is 1. The van der Waals surface area contributed by atoms with Gasteiger partial charge >= 0.3 is 0 Å². The fourth-order valence-electron chi connectivity index (χ4n) is 7.29. The smallest absolute Gasteiger partial charge is 0.239 e. The summed E-state index contributed by atoms with van der Waals surface area (Å²) in [5.74, 6) is 0.454. The third-order valence-electron chi connectivity index (χ3n) is 10.3. The van der Waals surface area contributed by atoms with E-state index in [4.69, 9.17) is 0 Å². The third-order valence-corrected chi connectivity index (χ3v) is 12.5. The van der Waals surface area contributed by atoms with Crippen LogP contribution in [-0.4, -0.2) is 90.6 Å². The lowest BCUT2D eigenvalue weighted by molar-refractivity contribution is -0.133. The molecule has 2 amide bonds. The predicted octanol–water partition coefficient (Wildman–Crippen LogP) is 3.89. The first-order valence-corrected chi connectivity index (χ1v) is 19.5. The highest BCUT2D eigenvalue weighted by Crippen LogP contribution is 2.39. The number of likely N-dealkylation sites (tertiary alicyclic amines) is 1. The quantitative estimate of drug-likeness (QED) is 0.238. The molecular formula is C38H58N4O5S. The molecule has 0 radical (unpaired) electrons. The number of aliphatic hydroxyl groups is 1. The van der Waals surface area contributed by atoms with E-state index in [1.54, 1.807) is 13.8 Å². The van der Waals surface area contributed by atoms with Gasteiger partial charge in [0.15, 0.2) is 9.84 Å². The number of piperidine rings is 1. The summed E-state index contributed by atoms with van der Waals surface area (Å²) in [6.07, 6.45) is 6.48. The minimum atomic E-state index is -3.66. The summed E-state index contributed by atoms with van der Waals surface area (Å²) in [7, 11) is -3.66. The Balaban J connectivity index is 1.58. The summed E-state index contributed by atoms with van der Waals surface area (Å²) in [5, 5.41) is 21.4. The van der Waals surface area contributed by atoms with Gasteiger partial charge in [0.05, 0.1) is 22.9 Å². The summed E-state index contributed by atoms with van der Waals surface area (Å²) in [6.45, 7) is 10.4. The Hall–Kier alpha value is -2.79. The largest absolute Gasteiger partial charge is 0.390 e. The van der Waals surface area contributed by atoms with Crippen LogP contribution in [0.5, 0.6) is 0 Å². The van der Waals surface area contributed by atoms with Gasteiger partial charge < -0.3 is 21.1 Å². The Labute approximate surface area is 288 Å². The van der Waals surface area contributed by atoms with E-state index in [9.17, 15) is 23.1 Å². The molecule has 2 aliphatic rings. The first-order valence-electron chi connectivity index (χ1n) is 17.6. The molecule has 1 aliphatic heterocycles. The number of nitrogens with zero attached hydrogens (tertiary/aromatic N) is 1. The van der Waals surface area contributed by atoms with Crippen molar-refractivity contribution in [3.8, 4) is 0 Å². The molecule has 4 N–H and O–H groups in total. The van der Waals surface area contributed by atoms with E-state index in [-0.39, 0.29) is 24.0 Å². The van der Waals surface area contributed by atoms with Crippen LogP contribution in [0.1, 0.15) is 77.8 Å². The highest BCUT2D eigenvalue weighted by atomic mass is 32.2. The molecule has 1 heterocycles. The van der Waals surface area contributed by atoms with E-state index < -0.39 is 38.7 Å². The van der Waals surface area contributed by atoms with E-state index in [1.165, 1.54) is 12.8 Å². The summed E-state index contributed by atoms with van der Waals surface area (Å²) in [6, 6.07) is 17.3. The van der Waals surface area contributed by atoms with E-state index in [0.717, 1.165) is 43.2 Å². The average Bonchev–Trinajstić information content (AvgIpc) is 3.02. The van der Waals surface area contributed by atoms with Crippen molar-refractivity contribution < 1.29 is 23.1 Å². The van der Waals surface area contributed by atoms with Crippen molar-refractivity contribution in [1.29, 1.82) is 0 Å². The van der Waals surface area contributed by atoms with Gasteiger partial charge in [-0.1, -0.05) is 79.9 Å². The summed E-state index contributed by atoms with van der Waals surface area (Å²) in [4.78, 5) is 29.9. The van der Waals surface area contributed by atoms with Crippen LogP contribution in [0.2, 0.25) is 0 Å². The van der Waals surface area contributed by atoms with E-state index in [0.29, 0.717) is 31.2 Å². The zero-order valence-corrected chi connectivity index (χ0v) is 30.6. The SMILES string of the molecule is CC(C)(C)NC(=O)[C@@H]1C[C@@H]2CCCC[C@@H]2CN1C[C@@H](O)[C@H](Cc1ccccc1)NC(=O)[C@@H](NCCc1ccccc1)C(C)(C)S(C)(=O)=O.